The second-order valence-electron chi connectivity index (χ2n) is 6.20. The predicted molar refractivity (Wildman–Crippen MR) is 98.6 cm³/mol. The molecule has 1 aliphatic heterocycles. The fraction of sp³-hybridized carbons (Fsp3) is 0.611. The van der Waals surface area contributed by atoms with Crippen molar-refractivity contribution < 1.29 is 9.53 Å². The zero-order valence-corrected chi connectivity index (χ0v) is 15.5. The number of carbonyl (C=O) groups is 1. The lowest BCUT2D eigenvalue weighted by Crippen LogP contribution is -2.41. The molecule has 0 aromatic heterocycles. The van der Waals surface area contributed by atoms with Crippen molar-refractivity contribution in [1.29, 1.82) is 0 Å². The summed E-state index contributed by atoms with van der Waals surface area (Å²) in [5.41, 5.74) is 6.58. The van der Waals surface area contributed by atoms with Crippen LogP contribution in [0.25, 0.3) is 0 Å². The van der Waals surface area contributed by atoms with Crippen molar-refractivity contribution in [2.24, 2.45) is 5.73 Å². The molecular weight excluding hydrogens is 347 g/mol. The number of carbonyl (C=O) groups excluding carboxylic acids is 1. The van der Waals surface area contributed by atoms with E-state index in [1.54, 1.807) is 6.07 Å². The minimum Gasteiger partial charge on any atom is -0.378 e. The Hall–Kier alpha value is -0.810. The normalized spacial score (nSPS) is 15.7. The average Bonchev–Trinajstić information content (AvgIpc) is 2.59. The summed E-state index contributed by atoms with van der Waals surface area (Å²) in [6.07, 6.45) is 5.24. The molecule has 134 valence electrons. The first-order valence-corrected chi connectivity index (χ1v) is 9.39. The van der Waals surface area contributed by atoms with Gasteiger partial charge in [-0.3, -0.25) is 4.79 Å². The van der Waals surface area contributed by atoms with Crippen molar-refractivity contribution in [2.75, 3.05) is 26.2 Å². The van der Waals surface area contributed by atoms with Gasteiger partial charge in [0.15, 0.2) is 0 Å². The number of halogens is 2. The standard InChI is InChI=1S/C18H26Cl2N2O2/c19-16-6-5-14(13-17(16)20)3-1-4-18(23)22-10-7-15(8-11-22)24-12-2-9-21/h5-6,13,15H,1-4,7-12,21H2. The van der Waals surface area contributed by atoms with Crippen LogP contribution in [0.5, 0.6) is 0 Å². The molecule has 1 aromatic carbocycles. The Morgan fingerprint density at radius 1 is 1.21 bits per heavy atom. The van der Waals surface area contributed by atoms with Crippen molar-refractivity contribution in [3.63, 3.8) is 0 Å². The van der Waals surface area contributed by atoms with Crippen molar-refractivity contribution in [3.8, 4) is 0 Å². The van der Waals surface area contributed by atoms with E-state index in [-0.39, 0.29) is 12.0 Å². The SMILES string of the molecule is NCCCOC1CCN(C(=O)CCCc2ccc(Cl)c(Cl)c2)CC1. The predicted octanol–water partition coefficient (Wildman–Crippen LogP) is 3.67. The van der Waals surface area contributed by atoms with Gasteiger partial charge in [-0.15, -0.1) is 0 Å². The van der Waals surface area contributed by atoms with E-state index in [4.69, 9.17) is 33.7 Å². The molecule has 0 bridgehead atoms. The number of piperidine rings is 1. The van der Waals surface area contributed by atoms with E-state index in [1.165, 1.54) is 0 Å². The zero-order valence-electron chi connectivity index (χ0n) is 14.0. The number of ether oxygens (including phenoxy) is 1. The highest BCUT2D eigenvalue weighted by Crippen LogP contribution is 2.23. The largest absolute Gasteiger partial charge is 0.378 e. The summed E-state index contributed by atoms with van der Waals surface area (Å²) in [7, 11) is 0. The highest BCUT2D eigenvalue weighted by Gasteiger charge is 2.22. The molecule has 1 amide bonds. The van der Waals surface area contributed by atoms with Gasteiger partial charge in [0.2, 0.25) is 5.91 Å². The molecule has 1 fully saturated rings. The Balaban J connectivity index is 1.65. The number of likely N-dealkylation sites (tertiary alicyclic amines) is 1. The van der Waals surface area contributed by atoms with Gasteiger partial charge in [-0.2, -0.15) is 0 Å². The number of amides is 1. The summed E-state index contributed by atoms with van der Waals surface area (Å²) in [5, 5.41) is 1.13. The van der Waals surface area contributed by atoms with Crippen LogP contribution in [0.1, 0.15) is 37.7 Å². The van der Waals surface area contributed by atoms with Crippen molar-refractivity contribution in [2.45, 2.75) is 44.6 Å². The van der Waals surface area contributed by atoms with E-state index in [1.807, 2.05) is 17.0 Å². The maximum Gasteiger partial charge on any atom is 0.222 e. The number of hydrogen-bond donors (Lipinski definition) is 1. The molecular formula is C18H26Cl2N2O2. The monoisotopic (exact) mass is 372 g/mol. The lowest BCUT2D eigenvalue weighted by atomic mass is 10.1. The van der Waals surface area contributed by atoms with Crippen molar-refractivity contribution >= 4 is 29.1 Å². The van der Waals surface area contributed by atoms with Crippen LogP contribution in [0.15, 0.2) is 18.2 Å². The van der Waals surface area contributed by atoms with E-state index in [0.29, 0.717) is 23.0 Å². The van der Waals surface area contributed by atoms with Gasteiger partial charge >= 0.3 is 0 Å². The van der Waals surface area contributed by atoms with Crippen LogP contribution in [-0.2, 0) is 16.0 Å². The second-order valence-corrected chi connectivity index (χ2v) is 7.01. The van der Waals surface area contributed by atoms with E-state index >= 15 is 0 Å². The number of benzene rings is 1. The summed E-state index contributed by atoms with van der Waals surface area (Å²) in [4.78, 5) is 14.3. The molecule has 0 saturated carbocycles. The smallest absolute Gasteiger partial charge is 0.222 e. The Bertz CT molecular complexity index is 532. The van der Waals surface area contributed by atoms with E-state index in [2.05, 4.69) is 0 Å². The fourth-order valence-electron chi connectivity index (χ4n) is 2.90. The van der Waals surface area contributed by atoms with Crippen molar-refractivity contribution in [3.05, 3.63) is 33.8 Å². The number of nitrogens with two attached hydrogens (primary N) is 1. The average molecular weight is 373 g/mol. The molecule has 0 atom stereocenters. The fourth-order valence-corrected chi connectivity index (χ4v) is 3.22. The summed E-state index contributed by atoms with van der Waals surface area (Å²) >= 11 is 11.9. The molecule has 1 aliphatic rings. The van der Waals surface area contributed by atoms with Crippen molar-refractivity contribution in [1.82, 2.24) is 4.90 Å². The molecule has 24 heavy (non-hydrogen) atoms. The second kappa shape index (κ2) is 10.2. The molecule has 0 spiro atoms. The van der Waals surface area contributed by atoms with Gasteiger partial charge in [0, 0.05) is 26.1 Å². The van der Waals surface area contributed by atoms with Crippen LogP contribution < -0.4 is 5.73 Å². The Morgan fingerprint density at radius 2 is 1.96 bits per heavy atom. The molecule has 6 heteroatoms. The van der Waals surface area contributed by atoms with Crippen LogP contribution in [-0.4, -0.2) is 43.2 Å². The molecule has 1 aromatic rings. The molecule has 1 heterocycles. The van der Waals surface area contributed by atoms with Crippen LogP contribution in [0, 0.1) is 0 Å². The van der Waals surface area contributed by atoms with Gasteiger partial charge in [-0.25, -0.2) is 0 Å². The Kier molecular flexibility index (Phi) is 8.33. The topological polar surface area (TPSA) is 55.6 Å². The molecule has 2 N–H and O–H groups in total. The van der Waals surface area contributed by atoms with Gasteiger partial charge in [0.1, 0.15) is 0 Å². The first-order chi connectivity index (χ1) is 11.6. The quantitative estimate of drug-likeness (QED) is 0.708. The number of rotatable bonds is 8. The highest BCUT2D eigenvalue weighted by atomic mass is 35.5. The number of aryl methyl sites for hydroxylation is 1. The molecule has 1 saturated heterocycles. The maximum atomic E-state index is 12.3. The van der Waals surface area contributed by atoms with Crippen LogP contribution in [0.2, 0.25) is 10.0 Å². The third kappa shape index (κ3) is 6.25. The molecule has 0 radical (unpaired) electrons. The van der Waals surface area contributed by atoms with Crippen LogP contribution in [0.3, 0.4) is 0 Å². The third-order valence-corrected chi connectivity index (χ3v) is 5.08. The summed E-state index contributed by atoms with van der Waals surface area (Å²) < 4.78 is 5.77. The first-order valence-electron chi connectivity index (χ1n) is 8.63. The summed E-state index contributed by atoms with van der Waals surface area (Å²) in [6, 6.07) is 5.64. The van der Waals surface area contributed by atoms with Crippen LogP contribution in [0.4, 0.5) is 0 Å². The van der Waals surface area contributed by atoms with Gasteiger partial charge in [-0.1, -0.05) is 29.3 Å². The zero-order chi connectivity index (χ0) is 17.4. The maximum absolute atomic E-state index is 12.3. The lowest BCUT2D eigenvalue weighted by Gasteiger charge is -2.32. The lowest BCUT2D eigenvalue weighted by molar-refractivity contribution is -0.133. The molecule has 4 nitrogen and oxygen atoms in total. The van der Waals surface area contributed by atoms with Gasteiger partial charge in [-0.05, 0) is 56.3 Å². The third-order valence-electron chi connectivity index (χ3n) is 4.34. The minimum absolute atomic E-state index is 0.232. The van der Waals surface area contributed by atoms with E-state index < -0.39 is 0 Å². The van der Waals surface area contributed by atoms with Gasteiger partial charge in [0.05, 0.1) is 16.1 Å². The summed E-state index contributed by atoms with van der Waals surface area (Å²) in [6.45, 7) is 2.97. The Labute approximate surface area is 154 Å². The summed E-state index contributed by atoms with van der Waals surface area (Å²) in [5.74, 6) is 0.232. The van der Waals surface area contributed by atoms with Gasteiger partial charge in [0.25, 0.3) is 0 Å². The van der Waals surface area contributed by atoms with E-state index in [9.17, 15) is 4.79 Å². The first kappa shape index (κ1) is 19.5. The molecule has 2 rings (SSSR count). The molecule has 0 aliphatic carbocycles. The Morgan fingerprint density at radius 3 is 2.62 bits per heavy atom. The number of hydrogen-bond acceptors (Lipinski definition) is 3. The highest BCUT2D eigenvalue weighted by molar-refractivity contribution is 6.42. The minimum atomic E-state index is 0.232. The van der Waals surface area contributed by atoms with Gasteiger partial charge < -0.3 is 15.4 Å². The number of nitrogens with zero attached hydrogens (tertiary/aromatic N) is 1. The van der Waals surface area contributed by atoms with E-state index in [0.717, 1.165) is 57.4 Å². The molecule has 0 unspecified atom stereocenters. The van der Waals surface area contributed by atoms with Crippen LogP contribution >= 0.6 is 23.2 Å².